The Morgan fingerprint density at radius 1 is 1.00 bits per heavy atom. The molecule has 0 bridgehead atoms. The van der Waals surface area contributed by atoms with Crippen molar-refractivity contribution in [2.75, 3.05) is 32.4 Å². The van der Waals surface area contributed by atoms with Crippen LogP contribution in [0.1, 0.15) is 23.2 Å². The molecule has 1 saturated carbocycles. The van der Waals surface area contributed by atoms with Gasteiger partial charge < -0.3 is 9.80 Å². The van der Waals surface area contributed by atoms with E-state index < -0.39 is 0 Å². The fourth-order valence-electron chi connectivity index (χ4n) is 2.63. The highest BCUT2D eigenvalue weighted by molar-refractivity contribution is 7.98. The summed E-state index contributed by atoms with van der Waals surface area (Å²) in [5.74, 6) is 0.624. The smallest absolute Gasteiger partial charge is 0.253 e. The summed E-state index contributed by atoms with van der Waals surface area (Å²) >= 11 is 1.67. The number of benzene rings is 1. The van der Waals surface area contributed by atoms with E-state index in [1.807, 2.05) is 40.3 Å². The van der Waals surface area contributed by atoms with E-state index >= 15 is 0 Å². The van der Waals surface area contributed by atoms with Crippen molar-refractivity contribution in [3.05, 3.63) is 29.8 Å². The van der Waals surface area contributed by atoms with Crippen molar-refractivity contribution in [1.29, 1.82) is 0 Å². The Balaban J connectivity index is 1.57. The average molecular weight is 304 g/mol. The summed E-state index contributed by atoms with van der Waals surface area (Å²) in [5.41, 5.74) is 0.731. The van der Waals surface area contributed by atoms with Crippen LogP contribution in [-0.2, 0) is 4.79 Å². The van der Waals surface area contributed by atoms with E-state index in [4.69, 9.17) is 0 Å². The van der Waals surface area contributed by atoms with Gasteiger partial charge in [-0.2, -0.15) is 0 Å². The van der Waals surface area contributed by atoms with Crippen LogP contribution in [-0.4, -0.2) is 54.0 Å². The van der Waals surface area contributed by atoms with Crippen molar-refractivity contribution in [2.24, 2.45) is 5.92 Å². The first kappa shape index (κ1) is 14.4. The zero-order valence-corrected chi connectivity index (χ0v) is 13.1. The number of nitrogens with zero attached hydrogens (tertiary/aromatic N) is 2. The molecule has 4 nitrogen and oxygen atoms in total. The van der Waals surface area contributed by atoms with Crippen LogP contribution in [0.2, 0.25) is 0 Å². The number of carbonyl (C=O) groups is 2. The number of piperazine rings is 1. The molecule has 2 amide bonds. The Labute approximate surface area is 129 Å². The Bertz CT molecular complexity index is 532. The molecule has 1 saturated heterocycles. The van der Waals surface area contributed by atoms with E-state index in [0.717, 1.165) is 23.3 Å². The van der Waals surface area contributed by atoms with Crippen molar-refractivity contribution >= 4 is 23.6 Å². The lowest BCUT2D eigenvalue weighted by Gasteiger charge is -2.35. The summed E-state index contributed by atoms with van der Waals surface area (Å²) in [6.07, 6.45) is 4.10. The van der Waals surface area contributed by atoms with Gasteiger partial charge in [-0.1, -0.05) is 0 Å². The van der Waals surface area contributed by atoms with Gasteiger partial charge in [-0.15, -0.1) is 11.8 Å². The topological polar surface area (TPSA) is 40.6 Å². The maximum atomic E-state index is 12.4. The second-order valence-electron chi connectivity index (χ2n) is 5.62. The van der Waals surface area contributed by atoms with Crippen LogP contribution in [0.5, 0.6) is 0 Å². The molecule has 3 rings (SSSR count). The molecule has 21 heavy (non-hydrogen) atoms. The molecule has 0 unspecified atom stereocenters. The molecule has 5 heteroatoms. The first-order chi connectivity index (χ1) is 10.2. The third-order valence-corrected chi connectivity index (χ3v) is 4.89. The minimum absolute atomic E-state index is 0.0705. The lowest BCUT2D eigenvalue weighted by atomic mass is 10.1. The van der Waals surface area contributed by atoms with Crippen molar-refractivity contribution in [3.8, 4) is 0 Å². The molecule has 1 aromatic carbocycles. The summed E-state index contributed by atoms with van der Waals surface area (Å²) in [7, 11) is 0. The molecule has 1 aromatic rings. The quantitative estimate of drug-likeness (QED) is 0.803. The Morgan fingerprint density at radius 2 is 1.57 bits per heavy atom. The molecule has 1 aliphatic carbocycles. The molecule has 1 heterocycles. The largest absolute Gasteiger partial charge is 0.339 e. The second-order valence-corrected chi connectivity index (χ2v) is 6.50. The van der Waals surface area contributed by atoms with E-state index in [-0.39, 0.29) is 17.7 Å². The van der Waals surface area contributed by atoms with Gasteiger partial charge >= 0.3 is 0 Å². The zero-order chi connectivity index (χ0) is 14.8. The zero-order valence-electron chi connectivity index (χ0n) is 12.2. The van der Waals surface area contributed by atoms with Crippen LogP contribution in [0, 0.1) is 5.92 Å². The van der Waals surface area contributed by atoms with Crippen LogP contribution in [0.15, 0.2) is 29.2 Å². The molecular weight excluding hydrogens is 284 g/mol. The van der Waals surface area contributed by atoms with Crippen LogP contribution in [0.25, 0.3) is 0 Å². The molecule has 2 aliphatic rings. The first-order valence-corrected chi connectivity index (χ1v) is 8.63. The van der Waals surface area contributed by atoms with Gasteiger partial charge in [0.2, 0.25) is 5.91 Å². The van der Waals surface area contributed by atoms with Crippen molar-refractivity contribution in [3.63, 3.8) is 0 Å². The fraction of sp³-hybridized carbons (Fsp3) is 0.500. The number of hydrogen-bond acceptors (Lipinski definition) is 3. The van der Waals surface area contributed by atoms with Gasteiger partial charge in [0.15, 0.2) is 0 Å². The Morgan fingerprint density at radius 3 is 2.10 bits per heavy atom. The number of amides is 2. The molecule has 0 radical (unpaired) electrons. The first-order valence-electron chi connectivity index (χ1n) is 7.41. The normalized spacial score (nSPS) is 18.7. The minimum atomic E-state index is 0.0705. The van der Waals surface area contributed by atoms with Gasteiger partial charge in [0.05, 0.1) is 0 Å². The van der Waals surface area contributed by atoms with Gasteiger partial charge in [-0.25, -0.2) is 0 Å². The summed E-state index contributed by atoms with van der Waals surface area (Å²) in [6.45, 7) is 2.62. The summed E-state index contributed by atoms with van der Waals surface area (Å²) in [4.78, 5) is 29.4. The highest BCUT2D eigenvalue weighted by Gasteiger charge is 2.35. The molecule has 0 atom stereocenters. The number of hydrogen-bond donors (Lipinski definition) is 0. The molecule has 0 aromatic heterocycles. The van der Waals surface area contributed by atoms with Crippen LogP contribution >= 0.6 is 11.8 Å². The van der Waals surface area contributed by atoms with Gasteiger partial charge in [-0.05, 0) is 43.4 Å². The maximum Gasteiger partial charge on any atom is 0.253 e. The van der Waals surface area contributed by atoms with Gasteiger partial charge in [0.1, 0.15) is 0 Å². The van der Waals surface area contributed by atoms with Gasteiger partial charge in [0.25, 0.3) is 5.91 Å². The molecule has 2 fully saturated rings. The highest BCUT2D eigenvalue weighted by Crippen LogP contribution is 2.31. The average Bonchev–Trinajstić information content (AvgIpc) is 3.39. The minimum Gasteiger partial charge on any atom is -0.339 e. The predicted molar refractivity (Wildman–Crippen MR) is 83.4 cm³/mol. The fourth-order valence-corrected chi connectivity index (χ4v) is 3.04. The van der Waals surface area contributed by atoms with E-state index in [2.05, 4.69) is 0 Å². The SMILES string of the molecule is CSc1ccc(C(=O)N2CCN(C(=O)C3CC3)CC2)cc1. The lowest BCUT2D eigenvalue weighted by Crippen LogP contribution is -2.51. The standard InChI is InChI=1S/C16H20N2O2S/c1-21-14-6-4-13(5-7-14)16(20)18-10-8-17(9-11-18)15(19)12-2-3-12/h4-7,12H,2-3,8-11H2,1H3. The third kappa shape index (κ3) is 3.23. The monoisotopic (exact) mass is 304 g/mol. The lowest BCUT2D eigenvalue weighted by molar-refractivity contribution is -0.134. The van der Waals surface area contributed by atoms with E-state index in [9.17, 15) is 9.59 Å². The summed E-state index contributed by atoms with van der Waals surface area (Å²) in [6, 6.07) is 7.72. The Hall–Kier alpha value is -1.49. The maximum absolute atomic E-state index is 12.4. The molecular formula is C16H20N2O2S. The van der Waals surface area contributed by atoms with Crippen LogP contribution < -0.4 is 0 Å². The van der Waals surface area contributed by atoms with E-state index in [1.165, 1.54) is 0 Å². The second kappa shape index (κ2) is 6.10. The van der Waals surface area contributed by atoms with Crippen molar-refractivity contribution in [1.82, 2.24) is 9.80 Å². The molecule has 1 aliphatic heterocycles. The summed E-state index contributed by atoms with van der Waals surface area (Å²) < 4.78 is 0. The Kier molecular flexibility index (Phi) is 4.19. The molecule has 0 N–H and O–H groups in total. The molecule has 112 valence electrons. The van der Waals surface area contributed by atoms with Crippen LogP contribution in [0.3, 0.4) is 0 Å². The van der Waals surface area contributed by atoms with E-state index in [0.29, 0.717) is 26.2 Å². The van der Waals surface area contributed by atoms with Gasteiger partial charge in [0, 0.05) is 42.6 Å². The highest BCUT2D eigenvalue weighted by atomic mass is 32.2. The number of carbonyl (C=O) groups excluding carboxylic acids is 2. The third-order valence-electron chi connectivity index (χ3n) is 4.14. The van der Waals surface area contributed by atoms with Gasteiger partial charge in [-0.3, -0.25) is 9.59 Å². The molecule has 0 spiro atoms. The van der Waals surface area contributed by atoms with E-state index in [1.54, 1.807) is 11.8 Å². The summed E-state index contributed by atoms with van der Waals surface area (Å²) in [5, 5.41) is 0. The van der Waals surface area contributed by atoms with Crippen molar-refractivity contribution < 1.29 is 9.59 Å². The number of thioether (sulfide) groups is 1. The number of rotatable bonds is 3. The van der Waals surface area contributed by atoms with Crippen molar-refractivity contribution in [2.45, 2.75) is 17.7 Å². The predicted octanol–water partition coefficient (Wildman–Crippen LogP) is 2.10. The van der Waals surface area contributed by atoms with Crippen LogP contribution in [0.4, 0.5) is 0 Å².